The Bertz CT molecular complexity index is 916. The summed E-state index contributed by atoms with van der Waals surface area (Å²) in [6.45, 7) is 0. The van der Waals surface area contributed by atoms with Gasteiger partial charge in [0.15, 0.2) is 0 Å². The fourth-order valence-corrected chi connectivity index (χ4v) is 2.15. The van der Waals surface area contributed by atoms with Gasteiger partial charge >= 0.3 is 47.6 Å². The third-order valence-electron chi connectivity index (χ3n) is 4.11. The number of halogens is 17. The highest BCUT2D eigenvalue weighted by atomic mass is 19.4. The summed E-state index contributed by atoms with van der Waals surface area (Å²) in [6.07, 6.45) is -3.07. The van der Waals surface area contributed by atoms with Crippen LogP contribution in [0, 0.1) is 12.3 Å². The van der Waals surface area contributed by atoms with Crippen LogP contribution in [0.4, 0.5) is 74.6 Å². The molecular formula is C16H5F17. The molecule has 1 aromatic rings. The number of alkyl halides is 17. The summed E-state index contributed by atoms with van der Waals surface area (Å²) in [7, 11) is 0. The van der Waals surface area contributed by atoms with Gasteiger partial charge in [-0.25, -0.2) is 0 Å². The van der Waals surface area contributed by atoms with Crippen molar-refractivity contribution in [3.8, 4) is 12.3 Å². The van der Waals surface area contributed by atoms with E-state index in [4.69, 9.17) is 6.42 Å². The fraction of sp³-hybridized carbons (Fsp3) is 0.500. The summed E-state index contributed by atoms with van der Waals surface area (Å²) < 4.78 is 224. The first kappa shape index (κ1) is 28.6. The predicted octanol–water partition coefficient (Wildman–Crippen LogP) is 7.13. The van der Waals surface area contributed by atoms with Crippen LogP contribution in [0.1, 0.15) is 11.1 Å². The number of rotatable bonds is 7. The third-order valence-corrected chi connectivity index (χ3v) is 4.11. The van der Waals surface area contributed by atoms with Crippen molar-refractivity contribution in [2.24, 2.45) is 0 Å². The van der Waals surface area contributed by atoms with Crippen molar-refractivity contribution in [1.82, 2.24) is 0 Å². The summed E-state index contributed by atoms with van der Waals surface area (Å²) >= 11 is 0. The van der Waals surface area contributed by atoms with Crippen LogP contribution in [0.5, 0.6) is 0 Å². The van der Waals surface area contributed by atoms with Crippen LogP contribution in [0.25, 0.3) is 0 Å². The van der Waals surface area contributed by atoms with E-state index in [0.29, 0.717) is 12.1 Å². The minimum absolute atomic E-state index is 0.159. The molecule has 0 aliphatic carbocycles. The Balaban J connectivity index is 3.74. The van der Waals surface area contributed by atoms with Crippen molar-refractivity contribution in [2.45, 2.75) is 47.6 Å². The SMILES string of the molecule is C#Cc1cccc(C(F)(F)C(F)(F)C(F)(F)C(F)(F)C(F)(F)C(F)(F)C(F)(F)C(F)(F)F)c1. The van der Waals surface area contributed by atoms with E-state index in [1.807, 2.05) is 0 Å². The molecule has 0 atom stereocenters. The molecule has 33 heavy (non-hydrogen) atoms. The molecule has 0 spiro atoms. The standard InChI is InChI=1S/C16H5F17/c1-2-7-4-3-5-8(6-7)9(17,18)10(19,20)11(21,22)12(23,24)13(25,26)14(27,28)15(29,30)16(31,32)33/h1,3-6H. The fourth-order valence-electron chi connectivity index (χ4n) is 2.15. The van der Waals surface area contributed by atoms with Crippen molar-refractivity contribution in [3.05, 3.63) is 35.4 Å². The van der Waals surface area contributed by atoms with Crippen molar-refractivity contribution in [1.29, 1.82) is 0 Å². The van der Waals surface area contributed by atoms with Crippen LogP contribution < -0.4 is 0 Å². The normalized spacial score (nSPS) is 15.4. The van der Waals surface area contributed by atoms with Crippen molar-refractivity contribution in [3.63, 3.8) is 0 Å². The molecular weight excluding hydrogens is 515 g/mol. The lowest BCUT2D eigenvalue weighted by molar-refractivity contribution is -0.462. The van der Waals surface area contributed by atoms with Crippen LogP contribution in [0.3, 0.4) is 0 Å². The molecule has 0 radical (unpaired) electrons. The summed E-state index contributed by atoms with van der Waals surface area (Å²) in [6, 6.07) is 0.718. The highest BCUT2D eigenvalue weighted by Crippen LogP contribution is 2.65. The first-order valence-electron chi connectivity index (χ1n) is 7.57. The number of hydrogen-bond donors (Lipinski definition) is 0. The molecule has 188 valence electrons. The number of benzene rings is 1. The van der Waals surface area contributed by atoms with Gasteiger partial charge in [0.05, 0.1) is 0 Å². The zero-order valence-electron chi connectivity index (χ0n) is 14.8. The van der Waals surface area contributed by atoms with Gasteiger partial charge in [0, 0.05) is 11.1 Å². The first-order chi connectivity index (χ1) is 14.3. The Morgan fingerprint density at radius 2 is 0.879 bits per heavy atom. The van der Waals surface area contributed by atoms with E-state index in [2.05, 4.69) is 0 Å². The van der Waals surface area contributed by atoms with E-state index in [1.165, 1.54) is 5.92 Å². The molecule has 0 nitrogen and oxygen atoms in total. The smallest absolute Gasteiger partial charge is 0.194 e. The maximum absolute atomic E-state index is 14.0. The molecule has 0 unspecified atom stereocenters. The highest BCUT2D eigenvalue weighted by molar-refractivity contribution is 5.38. The van der Waals surface area contributed by atoms with Gasteiger partial charge in [-0.1, -0.05) is 18.1 Å². The van der Waals surface area contributed by atoms with Gasteiger partial charge < -0.3 is 0 Å². The van der Waals surface area contributed by atoms with Gasteiger partial charge in [-0.15, -0.1) is 6.42 Å². The highest BCUT2D eigenvalue weighted by Gasteiger charge is 2.95. The van der Waals surface area contributed by atoms with E-state index in [-0.39, 0.29) is 12.1 Å². The van der Waals surface area contributed by atoms with Crippen molar-refractivity contribution in [2.75, 3.05) is 0 Å². The monoisotopic (exact) mass is 520 g/mol. The first-order valence-corrected chi connectivity index (χ1v) is 7.57. The molecule has 0 fully saturated rings. The number of terminal acetylenes is 1. The van der Waals surface area contributed by atoms with Crippen molar-refractivity contribution < 1.29 is 74.6 Å². The van der Waals surface area contributed by atoms with Gasteiger partial charge in [0.25, 0.3) is 0 Å². The van der Waals surface area contributed by atoms with Gasteiger partial charge in [-0.3, -0.25) is 0 Å². The summed E-state index contributed by atoms with van der Waals surface area (Å²) in [5.74, 6) is -55.2. The Morgan fingerprint density at radius 3 is 1.24 bits per heavy atom. The Kier molecular flexibility index (Phi) is 6.55. The molecule has 0 saturated carbocycles. The van der Waals surface area contributed by atoms with Crippen molar-refractivity contribution >= 4 is 0 Å². The molecule has 0 amide bonds. The summed E-state index contributed by atoms with van der Waals surface area (Å²) in [5.41, 5.74) is -3.12. The lowest BCUT2D eigenvalue weighted by Crippen LogP contribution is -2.74. The molecule has 0 aliphatic rings. The van der Waals surface area contributed by atoms with Crippen LogP contribution in [-0.4, -0.2) is 41.7 Å². The van der Waals surface area contributed by atoms with Crippen LogP contribution in [0.15, 0.2) is 24.3 Å². The third kappa shape index (κ3) is 3.65. The largest absolute Gasteiger partial charge is 0.460 e. The molecule has 17 heteroatoms. The molecule has 0 aliphatic heterocycles. The van der Waals surface area contributed by atoms with Crippen LogP contribution >= 0.6 is 0 Å². The Morgan fingerprint density at radius 1 is 0.515 bits per heavy atom. The Labute approximate surface area is 171 Å². The topological polar surface area (TPSA) is 0 Å². The maximum atomic E-state index is 14.0. The molecule has 0 saturated heterocycles. The van der Waals surface area contributed by atoms with Gasteiger partial charge in [0.2, 0.25) is 0 Å². The van der Waals surface area contributed by atoms with E-state index < -0.39 is 58.8 Å². The minimum atomic E-state index is -8.65. The molecule has 1 aromatic carbocycles. The molecule has 0 heterocycles. The van der Waals surface area contributed by atoms with Gasteiger partial charge in [0.1, 0.15) is 0 Å². The quantitative estimate of drug-likeness (QED) is 0.265. The number of hydrogen-bond acceptors (Lipinski definition) is 0. The van der Waals surface area contributed by atoms with E-state index in [9.17, 15) is 74.6 Å². The van der Waals surface area contributed by atoms with E-state index >= 15 is 0 Å². The Hall–Kier alpha value is -2.41. The average Bonchev–Trinajstić information content (AvgIpc) is 2.66. The predicted molar refractivity (Wildman–Crippen MR) is 74.0 cm³/mol. The molecule has 0 N–H and O–H groups in total. The second-order valence-corrected chi connectivity index (χ2v) is 6.24. The van der Waals surface area contributed by atoms with E-state index in [1.54, 1.807) is 0 Å². The minimum Gasteiger partial charge on any atom is -0.194 e. The summed E-state index contributed by atoms with van der Waals surface area (Å²) in [5, 5.41) is 0. The zero-order valence-corrected chi connectivity index (χ0v) is 14.8. The second kappa shape index (κ2) is 7.55. The van der Waals surface area contributed by atoms with Gasteiger partial charge in [-0.2, -0.15) is 74.6 Å². The zero-order chi connectivity index (χ0) is 26.7. The average molecular weight is 520 g/mol. The van der Waals surface area contributed by atoms with Crippen LogP contribution in [-0.2, 0) is 5.92 Å². The molecule has 0 bridgehead atoms. The van der Waals surface area contributed by atoms with Crippen LogP contribution in [0.2, 0.25) is 0 Å². The van der Waals surface area contributed by atoms with Gasteiger partial charge in [-0.05, 0) is 12.1 Å². The molecule has 0 aromatic heterocycles. The maximum Gasteiger partial charge on any atom is 0.460 e. The summed E-state index contributed by atoms with van der Waals surface area (Å²) in [4.78, 5) is 0. The van der Waals surface area contributed by atoms with E-state index in [0.717, 1.165) is 0 Å². The molecule has 1 rings (SSSR count). The second-order valence-electron chi connectivity index (χ2n) is 6.24. The lowest BCUT2D eigenvalue weighted by atomic mass is 9.87. The lowest BCUT2D eigenvalue weighted by Gasteiger charge is -2.42.